The van der Waals surface area contributed by atoms with Crippen molar-refractivity contribution in [1.29, 1.82) is 0 Å². The van der Waals surface area contributed by atoms with E-state index in [1.165, 1.54) is 24.3 Å². The van der Waals surface area contributed by atoms with Gasteiger partial charge in [0.1, 0.15) is 11.6 Å². The molecule has 1 aromatic heterocycles. The van der Waals surface area contributed by atoms with Gasteiger partial charge in [0.15, 0.2) is 0 Å². The van der Waals surface area contributed by atoms with Gasteiger partial charge in [-0.2, -0.15) is 17.9 Å². The van der Waals surface area contributed by atoms with Crippen LogP contribution in [0, 0.1) is 11.7 Å². The quantitative estimate of drug-likeness (QED) is 0.451. The highest BCUT2D eigenvalue weighted by Gasteiger charge is 2.40. The molecule has 1 heterocycles. The number of amides is 1. The van der Waals surface area contributed by atoms with Crippen LogP contribution in [0.2, 0.25) is 0 Å². The predicted octanol–water partition coefficient (Wildman–Crippen LogP) is 3.74. The van der Waals surface area contributed by atoms with E-state index >= 15 is 0 Å². The van der Waals surface area contributed by atoms with E-state index in [0.29, 0.717) is 28.8 Å². The van der Waals surface area contributed by atoms with Crippen LogP contribution in [0.1, 0.15) is 49.6 Å². The number of nitrogens with zero attached hydrogens (tertiary/aromatic N) is 4. The normalized spacial score (nSPS) is 20.1. The van der Waals surface area contributed by atoms with Gasteiger partial charge in [0, 0.05) is 30.0 Å². The maximum Gasteiger partial charge on any atom is 0.453 e. The van der Waals surface area contributed by atoms with E-state index in [1.807, 2.05) is 13.8 Å². The first kappa shape index (κ1) is 25.5. The molecule has 1 aliphatic carbocycles. The number of nitrogens with two attached hydrogens (primary N) is 1. The van der Waals surface area contributed by atoms with Gasteiger partial charge in [0.2, 0.25) is 5.91 Å². The minimum Gasteiger partial charge on any atom is -0.491 e. The topological polar surface area (TPSA) is 108 Å². The van der Waals surface area contributed by atoms with Gasteiger partial charge in [0.05, 0.1) is 11.8 Å². The van der Waals surface area contributed by atoms with Crippen molar-refractivity contribution in [2.75, 3.05) is 0 Å². The number of benzene rings is 2. The summed E-state index contributed by atoms with van der Waals surface area (Å²) in [6.45, 7) is 3.91. The van der Waals surface area contributed by atoms with E-state index in [-0.39, 0.29) is 36.1 Å². The Labute approximate surface area is 204 Å². The fraction of sp³-hybridized carbons (Fsp3) is 0.417. The van der Waals surface area contributed by atoms with Crippen molar-refractivity contribution in [3.05, 3.63) is 65.2 Å². The Morgan fingerprint density at radius 1 is 1.19 bits per heavy atom. The first-order chi connectivity index (χ1) is 17.0. The number of carbonyl (C=O) groups is 1. The standard InChI is InChI=1S/C24H26F4N6O2/c1-13(2)36-20-10-7-17(34-23(24(26,27)28)31-32-33-34)11-15(20)12-30-19-9-8-18(22(29)35)21(19)14-3-5-16(25)6-4-14/h3-7,10-11,13,18-19,21,30H,8-9,12H2,1-2H3,(H2,29,35). The maximum absolute atomic E-state index is 13.5. The average molecular weight is 507 g/mol. The zero-order valence-electron chi connectivity index (χ0n) is 19.7. The maximum atomic E-state index is 13.5. The highest BCUT2D eigenvalue weighted by atomic mass is 19.4. The van der Waals surface area contributed by atoms with Gasteiger partial charge in [-0.3, -0.25) is 4.79 Å². The number of nitrogens with one attached hydrogen (secondary N) is 1. The van der Waals surface area contributed by atoms with E-state index in [4.69, 9.17) is 10.5 Å². The van der Waals surface area contributed by atoms with Gasteiger partial charge in [-0.05, 0) is 73.0 Å². The fourth-order valence-corrected chi connectivity index (χ4v) is 4.68. The lowest BCUT2D eigenvalue weighted by Crippen LogP contribution is -2.36. The Bertz CT molecular complexity index is 1210. The lowest BCUT2D eigenvalue weighted by molar-refractivity contribution is -0.146. The van der Waals surface area contributed by atoms with Gasteiger partial charge in [-0.15, -0.1) is 5.10 Å². The fourth-order valence-electron chi connectivity index (χ4n) is 4.68. The molecule has 3 N–H and O–H groups in total. The molecule has 12 heteroatoms. The van der Waals surface area contributed by atoms with Gasteiger partial charge in [0.25, 0.3) is 5.82 Å². The molecule has 4 rings (SSSR count). The number of carbonyl (C=O) groups excluding carboxylic acids is 1. The number of aromatic nitrogens is 4. The van der Waals surface area contributed by atoms with Crippen molar-refractivity contribution < 1.29 is 27.1 Å². The summed E-state index contributed by atoms with van der Waals surface area (Å²) >= 11 is 0. The molecule has 1 aliphatic rings. The number of halogens is 4. The van der Waals surface area contributed by atoms with E-state index in [9.17, 15) is 22.4 Å². The highest BCUT2D eigenvalue weighted by Crippen LogP contribution is 2.40. The summed E-state index contributed by atoms with van der Waals surface area (Å²) in [5.41, 5.74) is 7.15. The molecule has 3 aromatic rings. The molecule has 1 fully saturated rings. The third-order valence-corrected chi connectivity index (χ3v) is 6.21. The monoisotopic (exact) mass is 506 g/mol. The lowest BCUT2D eigenvalue weighted by atomic mass is 9.86. The van der Waals surface area contributed by atoms with Crippen molar-refractivity contribution in [2.45, 2.75) is 57.5 Å². The van der Waals surface area contributed by atoms with Crippen LogP contribution >= 0.6 is 0 Å². The average Bonchev–Trinajstić information content (AvgIpc) is 3.46. The minimum absolute atomic E-state index is 0.122. The van der Waals surface area contributed by atoms with Crippen LogP contribution in [-0.2, 0) is 17.5 Å². The first-order valence-electron chi connectivity index (χ1n) is 11.5. The number of alkyl halides is 3. The summed E-state index contributed by atoms with van der Waals surface area (Å²) in [6, 6.07) is 10.3. The number of tetrazole rings is 1. The molecule has 1 amide bonds. The number of ether oxygens (including phenoxy) is 1. The third-order valence-electron chi connectivity index (χ3n) is 6.21. The summed E-state index contributed by atoms with van der Waals surface area (Å²) in [7, 11) is 0. The largest absolute Gasteiger partial charge is 0.491 e. The summed E-state index contributed by atoms with van der Waals surface area (Å²) in [5.74, 6) is -2.28. The lowest BCUT2D eigenvalue weighted by Gasteiger charge is -2.26. The molecule has 1 saturated carbocycles. The van der Waals surface area contributed by atoms with Crippen molar-refractivity contribution in [1.82, 2.24) is 25.5 Å². The van der Waals surface area contributed by atoms with Gasteiger partial charge < -0.3 is 15.8 Å². The van der Waals surface area contributed by atoms with Gasteiger partial charge >= 0.3 is 6.18 Å². The van der Waals surface area contributed by atoms with Crippen LogP contribution in [0.3, 0.4) is 0 Å². The molecule has 2 aromatic carbocycles. The van der Waals surface area contributed by atoms with Crippen LogP contribution in [0.5, 0.6) is 5.75 Å². The molecule has 0 radical (unpaired) electrons. The molecule has 0 spiro atoms. The minimum atomic E-state index is -4.73. The van der Waals surface area contributed by atoms with Gasteiger partial charge in [-0.25, -0.2) is 4.39 Å². The molecule has 3 atom stereocenters. The van der Waals surface area contributed by atoms with Crippen LogP contribution in [0.15, 0.2) is 42.5 Å². The summed E-state index contributed by atoms with van der Waals surface area (Å²) in [4.78, 5) is 12.1. The first-order valence-corrected chi connectivity index (χ1v) is 11.5. The smallest absolute Gasteiger partial charge is 0.453 e. The van der Waals surface area contributed by atoms with E-state index < -0.39 is 23.8 Å². The summed E-state index contributed by atoms with van der Waals surface area (Å²) in [5, 5.41) is 13.2. The van der Waals surface area contributed by atoms with Crippen LogP contribution in [0.4, 0.5) is 17.6 Å². The third kappa shape index (κ3) is 5.48. The van der Waals surface area contributed by atoms with Gasteiger partial charge in [-0.1, -0.05) is 12.1 Å². The van der Waals surface area contributed by atoms with E-state index in [1.54, 1.807) is 18.2 Å². The summed E-state index contributed by atoms with van der Waals surface area (Å²) in [6.07, 6.45) is -3.71. The second-order valence-electron chi connectivity index (χ2n) is 9.02. The van der Waals surface area contributed by atoms with Crippen molar-refractivity contribution in [3.8, 4) is 11.4 Å². The van der Waals surface area contributed by atoms with Crippen molar-refractivity contribution >= 4 is 5.91 Å². The Kier molecular flexibility index (Phi) is 7.25. The van der Waals surface area contributed by atoms with E-state index in [0.717, 1.165) is 5.56 Å². The molecule has 0 aliphatic heterocycles. The van der Waals surface area contributed by atoms with Crippen LogP contribution < -0.4 is 15.8 Å². The molecule has 36 heavy (non-hydrogen) atoms. The SMILES string of the molecule is CC(C)Oc1ccc(-n2nnnc2C(F)(F)F)cc1CNC1CCC(C(N)=O)C1c1ccc(F)cc1. The Morgan fingerprint density at radius 2 is 1.92 bits per heavy atom. The Hall–Kier alpha value is -3.54. The highest BCUT2D eigenvalue weighted by molar-refractivity contribution is 5.78. The molecule has 192 valence electrons. The van der Waals surface area contributed by atoms with Crippen LogP contribution in [-0.4, -0.2) is 38.3 Å². The zero-order chi connectivity index (χ0) is 26.0. The number of rotatable bonds is 8. The zero-order valence-corrected chi connectivity index (χ0v) is 19.7. The molecule has 0 bridgehead atoms. The van der Waals surface area contributed by atoms with E-state index in [2.05, 4.69) is 20.8 Å². The second-order valence-corrected chi connectivity index (χ2v) is 9.02. The molecule has 8 nitrogen and oxygen atoms in total. The Balaban J connectivity index is 1.63. The van der Waals surface area contributed by atoms with Crippen molar-refractivity contribution in [3.63, 3.8) is 0 Å². The van der Waals surface area contributed by atoms with Crippen molar-refractivity contribution in [2.24, 2.45) is 11.7 Å². The second kappa shape index (κ2) is 10.2. The number of hydrogen-bond donors (Lipinski definition) is 2. The van der Waals surface area contributed by atoms with Crippen LogP contribution in [0.25, 0.3) is 5.69 Å². The molecule has 0 saturated heterocycles. The molecule has 3 unspecified atom stereocenters. The molecular weight excluding hydrogens is 480 g/mol. The molecular formula is C24H26F4N6O2. The predicted molar refractivity (Wildman–Crippen MR) is 122 cm³/mol. The number of hydrogen-bond acceptors (Lipinski definition) is 6. The summed E-state index contributed by atoms with van der Waals surface area (Å²) < 4.78 is 60.0. The number of primary amides is 1. The Morgan fingerprint density at radius 3 is 2.56 bits per heavy atom.